The second-order valence-electron chi connectivity index (χ2n) is 8.30. The highest BCUT2D eigenvalue weighted by Gasteiger charge is 2.15. The largest absolute Gasteiger partial charge is 0.396 e. The minimum atomic E-state index is -0.186. The molecule has 0 unspecified atom stereocenters. The van der Waals surface area contributed by atoms with Crippen molar-refractivity contribution >= 4 is 11.8 Å². The number of aliphatic hydroxyl groups excluding tert-OH is 1. The van der Waals surface area contributed by atoms with Crippen LogP contribution in [0.15, 0.2) is 54.6 Å². The predicted octanol–water partition coefficient (Wildman–Crippen LogP) is 3.21. The zero-order valence-corrected chi connectivity index (χ0v) is 17.6. The third-order valence-corrected chi connectivity index (χ3v) is 4.82. The van der Waals surface area contributed by atoms with Gasteiger partial charge in [0.1, 0.15) is 0 Å². The van der Waals surface area contributed by atoms with Crippen LogP contribution in [0.4, 0.5) is 0 Å². The van der Waals surface area contributed by atoms with E-state index >= 15 is 0 Å². The highest BCUT2D eigenvalue weighted by atomic mass is 16.3. The summed E-state index contributed by atoms with van der Waals surface area (Å²) in [5.41, 5.74) is 2.90. The molecule has 2 aromatic rings. The Hall–Kier alpha value is -2.66. The predicted molar refractivity (Wildman–Crippen MR) is 116 cm³/mol. The minimum Gasteiger partial charge on any atom is -0.396 e. The Labute approximate surface area is 173 Å². The van der Waals surface area contributed by atoms with Gasteiger partial charge in [-0.25, -0.2) is 0 Å². The summed E-state index contributed by atoms with van der Waals surface area (Å²) in [4.78, 5) is 24.5. The molecule has 0 spiro atoms. The Balaban J connectivity index is 1.79. The number of amides is 2. The Bertz CT molecular complexity index is 780. The lowest BCUT2D eigenvalue weighted by atomic mass is 9.87. The molecule has 0 fully saturated rings. The molecule has 2 rings (SSSR count). The second kappa shape index (κ2) is 10.8. The first kappa shape index (κ1) is 22.6. The Morgan fingerprint density at radius 1 is 1.00 bits per heavy atom. The standard InChI is InChI=1S/C24H32N2O3/c1-24(2,3)20-11-9-19(10-12-20)23(29)25-15-13-22(28)26-21(14-16-27)17-18-7-5-4-6-8-18/h4-12,21,27H,13-17H2,1-3H3,(H,25,29)(H,26,28)/t21-/m1/s1. The van der Waals surface area contributed by atoms with Gasteiger partial charge in [-0.1, -0.05) is 63.2 Å². The SMILES string of the molecule is CC(C)(C)c1ccc(C(=O)NCCC(=O)N[C@H](CCO)Cc2ccccc2)cc1. The molecule has 5 heteroatoms. The van der Waals surface area contributed by atoms with Crippen molar-refractivity contribution in [3.63, 3.8) is 0 Å². The van der Waals surface area contributed by atoms with Crippen molar-refractivity contribution in [3.05, 3.63) is 71.3 Å². The van der Waals surface area contributed by atoms with Crippen LogP contribution in [-0.2, 0) is 16.6 Å². The molecule has 0 bridgehead atoms. The van der Waals surface area contributed by atoms with Gasteiger partial charge in [0.15, 0.2) is 0 Å². The molecule has 0 aliphatic heterocycles. The first-order chi connectivity index (χ1) is 13.8. The highest BCUT2D eigenvalue weighted by Crippen LogP contribution is 2.22. The first-order valence-electron chi connectivity index (χ1n) is 10.1. The zero-order chi connectivity index (χ0) is 21.3. The van der Waals surface area contributed by atoms with Gasteiger partial charge in [0.05, 0.1) is 0 Å². The van der Waals surface area contributed by atoms with E-state index in [0.717, 1.165) is 5.56 Å². The van der Waals surface area contributed by atoms with Crippen LogP contribution >= 0.6 is 0 Å². The highest BCUT2D eigenvalue weighted by molar-refractivity contribution is 5.94. The van der Waals surface area contributed by atoms with E-state index in [1.165, 1.54) is 5.56 Å². The fourth-order valence-electron chi connectivity index (χ4n) is 3.09. The van der Waals surface area contributed by atoms with Gasteiger partial charge in [-0.3, -0.25) is 9.59 Å². The monoisotopic (exact) mass is 396 g/mol. The van der Waals surface area contributed by atoms with Gasteiger partial charge in [0.25, 0.3) is 5.91 Å². The maximum Gasteiger partial charge on any atom is 0.251 e. The number of hydrogen-bond donors (Lipinski definition) is 3. The molecule has 29 heavy (non-hydrogen) atoms. The number of carbonyl (C=O) groups is 2. The summed E-state index contributed by atoms with van der Waals surface area (Å²) < 4.78 is 0. The van der Waals surface area contributed by atoms with Gasteiger partial charge in [-0.05, 0) is 41.5 Å². The summed E-state index contributed by atoms with van der Waals surface area (Å²) in [6.07, 6.45) is 1.36. The topological polar surface area (TPSA) is 78.4 Å². The average Bonchev–Trinajstić information content (AvgIpc) is 2.68. The van der Waals surface area contributed by atoms with E-state index in [-0.39, 0.29) is 42.8 Å². The number of hydrogen-bond acceptors (Lipinski definition) is 3. The van der Waals surface area contributed by atoms with Crippen LogP contribution in [0.25, 0.3) is 0 Å². The van der Waals surface area contributed by atoms with Crippen LogP contribution in [0.1, 0.15) is 55.1 Å². The van der Waals surface area contributed by atoms with Crippen LogP contribution in [0.2, 0.25) is 0 Å². The van der Waals surface area contributed by atoms with Crippen molar-refractivity contribution in [2.45, 2.75) is 51.5 Å². The molecule has 0 aromatic heterocycles. The molecule has 2 aromatic carbocycles. The van der Waals surface area contributed by atoms with Crippen LogP contribution in [0.3, 0.4) is 0 Å². The molecule has 0 saturated heterocycles. The fraction of sp³-hybridized carbons (Fsp3) is 0.417. The quantitative estimate of drug-likeness (QED) is 0.609. The molecule has 0 aliphatic carbocycles. The van der Waals surface area contributed by atoms with E-state index in [0.29, 0.717) is 18.4 Å². The van der Waals surface area contributed by atoms with Crippen LogP contribution < -0.4 is 10.6 Å². The van der Waals surface area contributed by atoms with Crippen LogP contribution in [0, 0.1) is 0 Å². The average molecular weight is 397 g/mol. The molecule has 5 nitrogen and oxygen atoms in total. The van der Waals surface area contributed by atoms with Crippen LogP contribution in [-0.4, -0.2) is 36.1 Å². The van der Waals surface area contributed by atoms with E-state index in [1.54, 1.807) is 0 Å². The van der Waals surface area contributed by atoms with Crippen molar-refractivity contribution in [2.75, 3.05) is 13.2 Å². The Morgan fingerprint density at radius 3 is 2.24 bits per heavy atom. The zero-order valence-electron chi connectivity index (χ0n) is 17.6. The third-order valence-electron chi connectivity index (χ3n) is 4.82. The molecule has 1 atom stereocenters. The number of aliphatic hydroxyl groups is 1. The second-order valence-corrected chi connectivity index (χ2v) is 8.30. The van der Waals surface area contributed by atoms with Gasteiger partial charge in [0, 0.05) is 31.2 Å². The summed E-state index contributed by atoms with van der Waals surface area (Å²) in [7, 11) is 0. The molecule has 0 radical (unpaired) electrons. The summed E-state index contributed by atoms with van der Waals surface area (Å²) in [5, 5.41) is 15.0. The smallest absolute Gasteiger partial charge is 0.251 e. The summed E-state index contributed by atoms with van der Waals surface area (Å²) in [6.45, 7) is 6.66. The van der Waals surface area contributed by atoms with Gasteiger partial charge in [-0.15, -0.1) is 0 Å². The lowest BCUT2D eigenvalue weighted by Crippen LogP contribution is -2.39. The lowest BCUT2D eigenvalue weighted by Gasteiger charge is -2.19. The van der Waals surface area contributed by atoms with Crippen molar-refractivity contribution in [3.8, 4) is 0 Å². The summed E-state index contributed by atoms with van der Waals surface area (Å²) in [5.74, 6) is -0.322. The molecule has 3 N–H and O–H groups in total. The third kappa shape index (κ3) is 7.70. The van der Waals surface area contributed by atoms with Gasteiger partial charge in [-0.2, -0.15) is 0 Å². The fourth-order valence-corrected chi connectivity index (χ4v) is 3.09. The van der Waals surface area contributed by atoms with E-state index in [9.17, 15) is 14.7 Å². The van der Waals surface area contributed by atoms with E-state index in [1.807, 2.05) is 54.6 Å². The molecule has 156 valence electrons. The summed E-state index contributed by atoms with van der Waals surface area (Å²) in [6, 6.07) is 17.3. The van der Waals surface area contributed by atoms with Crippen molar-refractivity contribution in [1.82, 2.24) is 10.6 Å². The van der Waals surface area contributed by atoms with E-state index in [2.05, 4.69) is 31.4 Å². The number of carbonyl (C=O) groups excluding carboxylic acids is 2. The molecule has 0 saturated carbocycles. The molecule has 0 aliphatic rings. The molecular weight excluding hydrogens is 364 g/mol. The molecular formula is C24H32N2O3. The van der Waals surface area contributed by atoms with Gasteiger partial charge in [0.2, 0.25) is 5.91 Å². The summed E-state index contributed by atoms with van der Waals surface area (Å²) >= 11 is 0. The number of rotatable bonds is 9. The number of benzene rings is 2. The van der Waals surface area contributed by atoms with Crippen molar-refractivity contribution < 1.29 is 14.7 Å². The minimum absolute atomic E-state index is 0.0130. The van der Waals surface area contributed by atoms with Crippen LogP contribution in [0.5, 0.6) is 0 Å². The first-order valence-corrected chi connectivity index (χ1v) is 10.1. The molecule has 2 amide bonds. The van der Waals surface area contributed by atoms with Gasteiger partial charge >= 0.3 is 0 Å². The molecule has 0 heterocycles. The maximum absolute atomic E-state index is 12.3. The van der Waals surface area contributed by atoms with E-state index in [4.69, 9.17) is 0 Å². The van der Waals surface area contributed by atoms with Crippen molar-refractivity contribution in [1.29, 1.82) is 0 Å². The normalized spacial score (nSPS) is 12.3. The maximum atomic E-state index is 12.3. The van der Waals surface area contributed by atoms with Gasteiger partial charge < -0.3 is 15.7 Å². The Morgan fingerprint density at radius 2 is 1.66 bits per heavy atom. The number of nitrogens with one attached hydrogen (secondary N) is 2. The lowest BCUT2D eigenvalue weighted by molar-refractivity contribution is -0.121. The van der Waals surface area contributed by atoms with Crippen molar-refractivity contribution in [2.24, 2.45) is 0 Å². The Kier molecular flexibility index (Phi) is 8.40. The van der Waals surface area contributed by atoms with E-state index < -0.39 is 0 Å².